The summed E-state index contributed by atoms with van der Waals surface area (Å²) in [6.45, 7) is 6.64. The van der Waals surface area contributed by atoms with Crippen molar-refractivity contribution in [1.82, 2.24) is 10.6 Å². The molecule has 3 nitrogen and oxygen atoms in total. The molecule has 0 radical (unpaired) electrons. The largest absolute Gasteiger partial charge is 0.383 e. The van der Waals surface area contributed by atoms with Crippen molar-refractivity contribution in [2.45, 2.75) is 70.5 Å². The van der Waals surface area contributed by atoms with E-state index in [4.69, 9.17) is 4.74 Å². The summed E-state index contributed by atoms with van der Waals surface area (Å²) < 4.78 is 5.39. The maximum atomic E-state index is 5.39. The molecule has 3 heteroatoms. The molecule has 0 aromatic carbocycles. The number of ether oxygens (including phenoxy) is 1. The second kappa shape index (κ2) is 7.61. The minimum absolute atomic E-state index is 0.497. The van der Waals surface area contributed by atoms with Crippen molar-refractivity contribution in [3.63, 3.8) is 0 Å². The van der Waals surface area contributed by atoms with Crippen LogP contribution in [-0.4, -0.2) is 38.4 Å². The van der Waals surface area contributed by atoms with Gasteiger partial charge in [-0.2, -0.15) is 0 Å². The summed E-state index contributed by atoms with van der Waals surface area (Å²) in [4.78, 5) is 0. The summed E-state index contributed by atoms with van der Waals surface area (Å²) in [6.07, 6.45) is 8.28. The van der Waals surface area contributed by atoms with Crippen LogP contribution in [-0.2, 0) is 4.74 Å². The zero-order chi connectivity index (χ0) is 13.7. The monoisotopic (exact) mass is 268 g/mol. The fourth-order valence-electron chi connectivity index (χ4n) is 3.81. The molecular formula is C16H32N2O. The van der Waals surface area contributed by atoms with E-state index in [2.05, 4.69) is 24.5 Å². The van der Waals surface area contributed by atoms with Gasteiger partial charge in [0.1, 0.15) is 0 Å². The Bertz CT molecular complexity index is 251. The molecule has 0 bridgehead atoms. The fourth-order valence-corrected chi connectivity index (χ4v) is 3.81. The van der Waals surface area contributed by atoms with Crippen LogP contribution in [0, 0.1) is 11.8 Å². The molecule has 1 saturated heterocycles. The molecule has 1 aliphatic heterocycles. The molecule has 4 atom stereocenters. The molecule has 112 valence electrons. The second-order valence-electron chi connectivity index (χ2n) is 6.73. The molecular weight excluding hydrogens is 236 g/mol. The van der Waals surface area contributed by atoms with Gasteiger partial charge >= 0.3 is 0 Å². The normalized spacial score (nSPS) is 33.8. The highest BCUT2D eigenvalue weighted by atomic mass is 16.5. The lowest BCUT2D eigenvalue weighted by atomic mass is 9.78. The molecule has 0 aromatic rings. The van der Waals surface area contributed by atoms with Gasteiger partial charge in [0.05, 0.1) is 6.61 Å². The maximum absolute atomic E-state index is 5.39. The number of methoxy groups -OCH3 is 1. The number of hydrogen-bond donors (Lipinski definition) is 2. The van der Waals surface area contributed by atoms with Crippen LogP contribution in [0.5, 0.6) is 0 Å². The van der Waals surface area contributed by atoms with Crippen LogP contribution in [0.25, 0.3) is 0 Å². The van der Waals surface area contributed by atoms with Crippen LogP contribution >= 0.6 is 0 Å². The maximum Gasteiger partial charge on any atom is 0.0618 e. The summed E-state index contributed by atoms with van der Waals surface area (Å²) in [5.41, 5.74) is 0. The first-order valence-corrected chi connectivity index (χ1v) is 8.20. The van der Waals surface area contributed by atoms with Crippen molar-refractivity contribution in [3.05, 3.63) is 0 Å². The Morgan fingerprint density at radius 1 is 1.16 bits per heavy atom. The molecule has 2 rings (SSSR count). The molecule has 0 spiro atoms. The minimum atomic E-state index is 0.497. The molecule has 0 aromatic heterocycles. The number of rotatable bonds is 6. The zero-order valence-corrected chi connectivity index (χ0v) is 13.0. The third kappa shape index (κ3) is 4.17. The summed E-state index contributed by atoms with van der Waals surface area (Å²) in [7, 11) is 1.81. The van der Waals surface area contributed by atoms with E-state index in [1.54, 1.807) is 0 Å². The Balaban J connectivity index is 1.93. The standard InChI is InChI=1S/C16H32N2O/c1-12(2)16(11-19-3)18-15-8-5-4-7-13(15)14-9-6-10-17-14/h12-18H,4-11H2,1-3H3. The van der Waals surface area contributed by atoms with E-state index in [9.17, 15) is 0 Å². The van der Waals surface area contributed by atoms with E-state index in [0.29, 0.717) is 18.0 Å². The third-order valence-corrected chi connectivity index (χ3v) is 5.01. The average molecular weight is 268 g/mol. The lowest BCUT2D eigenvalue weighted by molar-refractivity contribution is 0.117. The Hall–Kier alpha value is -0.120. The smallest absolute Gasteiger partial charge is 0.0618 e. The molecule has 2 fully saturated rings. The second-order valence-corrected chi connectivity index (χ2v) is 6.73. The van der Waals surface area contributed by atoms with Crippen molar-refractivity contribution in [2.75, 3.05) is 20.3 Å². The van der Waals surface area contributed by atoms with E-state index < -0.39 is 0 Å². The topological polar surface area (TPSA) is 33.3 Å². The Labute approximate surface area is 118 Å². The van der Waals surface area contributed by atoms with Crippen LogP contribution in [0.15, 0.2) is 0 Å². The first-order chi connectivity index (χ1) is 9.22. The van der Waals surface area contributed by atoms with Crippen molar-refractivity contribution >= 4 is 0 Å². The van der Waals surface area contributed by atoms with Crippen molar-refractivity contribution < 1.29 is 4.74 Å². The highest BCUT2D eigenvalue weighted by Gasteiger charge is 2.34. The van der Waals surface area contributed by atoms with Gasteiger partial charge in [-0.25, -0.2) is 0 Å². The van der Waals surface area contributed by atoms with Gasteiger partial charge in [0, 0.05) is 25.2 Å². The van der Waals surface area contributed by atoms with E-state index in [0.717, 1.165) is 18.6 Å². The Morgan fingerprint density at radius 3 is 2.58 bits per heavy atom. The van der Waals surface area contributed by atoms with E-state index in [1.165, 1.54) is 45.1 Å². The molecule has 2 N–H and O–H groups in total. The van der Waals surface area contributed by atoms with Crippen molar-refractivity contribution in [1.29, 1.82) is 0 Å². The molecule has 1 heterocycles. The predicted molar refractivity (Wildman–Crippen MR) is 80.4 cm³/mol. The third-order valence-electron chi connectivity index (χ3n) is 5.01. The SMILES string of the molecule is COCC(NC1CCCCC1C1CCCN1)C(C)C. The fraction of sp³-hybridized carbons (Fsp3) is 1.00. The van der Waals surface area contributed by atoms with E-state index >= 15 is 0 Å². The van der Waals surface area contributed by atoms with Crippen LogP contribution in [0.3, 0.4) is 0 Å². The van der Waals surface area contributed by atoms with Gasteiger partial charge in [-0.15, -0.1) is 0 Å². The summed E-state index contributed by atoms with van der Waals surface area (Å²) >= 11 is 0. The molecule has 19 heavy (non-hydrogen) atoms. The lowest BCUT2D eigenvalue weighted by Gasteiger charge is -2.39. The molecule has 1 aliphatic carbocycles. The lowest BCUT2D eigenvalue weighted by Crippen LogP contribution is -2.52. The summed E-state index contributed by atoms with van der Waals surface area (Å²) in [5, 5.41) is 7.64. The number of hydrogen-bond acceptors (Lipinski definition) is 3. The van der Waals surface area contributed by atoms with Gasteiger partial charge in [-0.1, -0.05) is 26.7 Å². The minimum Gasteiger partial charge on any atom is -0.383 e. The molecule has 2 aliphatic rings. The van der Waals surface area contributed by atoms with Crippen LogP contribution < -0.4 is 10.6 Å². The van der Waals surface area contributed by atoms with Crippen LogP contribution in [0.2, 0.25) is 0 Å². The van der Waals surface area contributed by atoms with Crippen LogP contribution in [0.4, 0.5) is 0 Å². The zero-order valence-electron chi connectivity index (χ0n) is 13.0. The van der Waals surface area contributed by atoms with E-state index in [-0.39, 0.29) is 0 Å². The Kier molecular flexibility index (Phi) is 6.11. The first kappa shape index (κ1) is 15.3. The first-order valence-electron chi connectivity index (χ1n) is 8.20. The molecule has 1 saturated carbocycles. The highest BCUT2D eigenvalue weighted by Crippen LogP contribution is 2.31. The van der Waals surface area contributed by atoms with E-state index in [1.807, 2.05) is 7.11 Å². The predicted octanol–water partition coefficient (Wildman–Crippen LogP) is 2.56. The van der Waals surface area contributed by atoms with Gasteiger partial charge in [0.2, 0.25) is 0 Å². The van der Waals surface area contributed by atoms with Gasteiger partial charge in [0.25, 0.3) is 0 Å². The van der Waals surface area contributed by atoms with Gasteiger partial charge in [-0.05, 0) is 44.1 Å². The average Bonchev–Trinajstić information content (AvgIpc) is 2.92. The molecule has 0 amide bonds. The highest BCUT2D eigenvalue weighted by molar-refractivity contribution is 4.93. The quantitative estimate of drug-likeness (QED) is 0.777. The summed E-state index contributed by atoms with van der Waals surface area (Å²) in [6, 6.07) is 1.94. The van der Waals surface area contributed by atoms with Crippen LogP contribution in [0.1, 0.15) is 52.4 Å². The number of nitrogens with one attached hydrogen (secondary N) is 2. The van der Waals surface area contributed by atoms with Gasteiger partial charge in [0.15, 0.2) is 0 Å². The van der Waals surface area contributed by atoms with Gasteiger partial charge < -0.3 is 15.4 Å². The van der Waals surface area contributed by atoms with Crippen molar-refractivity contribution in [3.8, 4) is 0 Å². The van der Waals surface area contributed by atoms with Crippen molar-refractivity contribution in [2.24, 2.45) is 11.8 Å². The summed E-state index contributed by atoms with van der Waals surface area (Å²) in [5.74, 6) is 1.47. The Morgan fingerprint density at radius 2 is 1.95 bits per heavy atom. The molecule has 4 unspecified atom stereocenters. The van der Waals surface area contributed by atoms with Gasteiger partial charge in [-0.3, -0.25) is 0 Å².